The molecule has 2 saturated heterocycles. The normalized spacial score (nSPS) is 22.2. The van der Waals surface area contributed by atoms with Gasteiger partial charge in [-0.05, 0) is 73.5 Å². The number of imide groups is 1. The maximum Gasteiger partial charge on any atom is 0.416 e. The number of hydrogen-bond donors (Lipinski definition) is 0. The van der Waals surface area contributed by atoms with Crippen molar-refractivity contribution in [2.24, 2.45) is 0 Å². The lowest BCUT2D eigenvalue weighted by Crippen LogP contribution is -2.55. The maximum atomic E-state index is 15.0. The van der Waals surface area contributed by atoms with E-state index in [0.29, 0.717) is 29.4 Å². The van der Waals surface area contributed by atoms with Crippen molar-refractivity contribution in [2.45, 2.75) is 51.2 Å². The highest BCUT2D eigenvalue weighted by Crippen LogP contribution is 2.37. The number of benzene rings is 2. The Morgan fingerprint density at radius 3 is 2.64 bits per heavy atom. The van der Waals surface area contributed by atoms with Gasteiger partial charge in [-0.15, -0.1) is 0 Å². The lowest BCUT2D eigenvalue weighted by molar-refractivity contribution is -0.138. The smallest absolute Gasteiger partial charge is 0.298 e. The van der Waals surface area contributed by atoms with E-state index >= 15 is 0 Å². The van der Waals surface area contributed by atoms with Gasteiger partial charge >= 0.3 is 6.18 Å². The molecule has 1 aromatic heterocycles. The molecule has 39 heavy (non-hydrogen) atoms. The molecule has 0 unspecified atom stereocenters. The quantitative estimate of drug-likeness (QED) is 0.251. The third-order valence-corrected chi connectivity index (χ3v) is 8.20. The van der Waals surface area contributed by atoms with E-state index < -0.39 is 35.1 Å². The fourth-order valence-corrected chi connectivity index (χ4v) is 6.08. The van der Waals surface area contributed by atoms with E-state index in [0.717, 1.165) is 22.7 Å². The van der Waals surface area contributed by atoms with E-state index in [1.807, 2.05) is 18.7 Å². The van der Waals surface area contributed by atoms with Crippen molar-refractivity contribution in [1.29, 1.82) is 0 Å². The van der Waals surface area contributed by atoms with Crippen LogP contribution in [0.3, 0.4) is 0 Å². The number of piperidine rings is 1. The fourth-order valence-electron chi connectivity index (χ4n) is 5.03. The van der Waals surface area contributed by atoms with Gasteiger partial charge in [-0.1, -0.05) is 23.7 Å². The van der Waals surface area contributed by atoms with Crippen LogP contribution in [0, 0.1) is 0 Å². The van der Waals surface area contributed by atoms with Gasteiger partial charge in [0.05, 0.1) is 34.8 Å². The predicted molar refractivity (Wildman–Crippen MR) is 143 cm³/mol. The Kier molecular flexibility index (Phi) is 7.51. The van der Waals surface area contributed by atoms with Crippen LogP contribution in [-0.2, 0) is 17.5 Å². The van der Waals surface area contributed by atoms with Gasteiger partial charge in [0.25, 0.3) is 11.1 Å². The molecular formula is C27H25ClF4N4O2S. The lowest BCUT2D eigenvalue weighted by atomic mass is 10.00. The highest BCUT2D eigenvalue weighted by molar-refractivity contribution is 8.18. The van der Waals surface area contributed by atoms with Crippen molar-refractivity contribution < 1.29 is 27.2 Å². The molecule has 2 fully saturated rings. The minimum atomic E-state index is -4.56. The van der Waals surface area contributed by atoms with Crippen molar-refractivity contribution in [3.8, 4) is 0 Å². The first-order valence-corrected chi connectivity index (χ1v) is 13.6. The van der Waals surface area contributed by atoms with Gasteiger partial charge in [-0.2, -0.15) is 18.3 Å². The van der Waals surface area contributed by atoms with Gasteiger partial charge in [-0.3, -0.25) is 24.1 Å². The van der Waals surface area contributed by atoms with Crippen LogP contribution in [0.25, 0.3) is 17.0 Å². The zero-order valence-corrected chi connectivity index (χ0v) is 22.7. The molecule has 206 valence electrons. The van der Waals surface area contributed by atoms with Gasteiger partial charge in [0.15, 0.2) is 0 Å². The number of carbonyl (C=O) groups excluding carboxylic acids is 2. The first-order chi connectivity index (χ1) is 18.4. The molecule has 2 atom stereocenters. The van der Waals surface area contributed by atoms with Gasteiger partial charge in [0.2, 0.25) is 0 Å². The van der Waals surface area contributed by atoms with Crippen LogP contribution >= 0.6 is 23.4 Å². The largest absolute Gasteiger partial charge is 0.416 e. The molecule has 2 aliphatic heterocycles. The van der Waals surface area contributed by atoms with Crippen LogP contribution in [0.5, 0.6) is 0 Å². The van der Waals surface area contributed by atoms with Gasteiger partial charge in [-0.25, -0.2) is 4.39 Å². The minimum Gasteiger partial charge on any atom is -0.298 e. The summed E-state index contributed by atoms with van der Waals surface area (Å²) < 4.78 is 57.0. The molecular weight excluding hydrogens is 556 g/mol. The molecule has 6 nitrogen and oxygen atoms in total. The highest BCUT2D eigenvalue weighted by atomic mass is 35.5. The van der Waals surface area contributed by atoms with Crippen LogP contribution in [0.4, 0.5) is 22.4 Å². The molecule has 12 heteroatoms. The van der Waals surface area contributed by atoms with Gasteiger partial charge in [0.1, 0.15) is 6.17 Å². The second-order valence-electron chi connectivity index (χ2n) is 9.93. The molecule has 0 spiro atoms. The average molecular weight is 581 g/mol. The van der Waals surface area contributed by atoms with Gasteiger partial charge in [0, 0.05) is 29.5 Å². The summed E-state index contributed by atoms with van der Waals surface area (Å²) in [6.07, 6.45) is -2.42. The SMILES string of the molecule is CC(C)N1CC[C@@H](N2C(=O)SC(=Cc3ccc4c(cnn4Cc4ccc(Cl)cc4C(F)(F)F)c3)C2=O)[C@@H](F)C1. The summed E-state index contributed by atoms with van der Waals surface area (Å²) in [5.74, 6) is -0.520. The molecule has 5 rings (SSSR count). The lowest BCUT2D eigenvalue weighted by Gasteiger charge is -2.39. The summed E-state index contributed by atoms with van der Waals surface area (Å²) >= 11 is 6.56. The molecule has 0 radical (unpaired) electrons. The minimum absolute atomic E-state index is 0.00601. The number of amides is 2. The summed E-state index contributed by atoms with van der Waals surface area (Å²) in [6, 6.07) is 8.13. The van der Waals surface area contributed by atoms with Crippen LogP contribution in [0.2, 0.25) is 5.02 Å². The number of nitrogens with zero attached hydrogens (tertiary/aromatic N) is 4. The van der Waals surface area contributed by atoms with E-state index in [1.165, 1.54) is 23.0 Å². The number of halogens is 5. The van der Waals surface area contributed by atoms with Crippen molar-refractivity contribution in [1.82, 2.24) is 19.6 Å². The van der Waals surface area contributed by atoms with E-state index in [-0.39, 0.29) is 34.6 Å². The number of rotatable bonds is 5. The second kappa shape index (κ2) is 10.6. The topological polar surface area (TPSA) is 58.4 Å². The number of likely N-dealkylation sites (tertiary alicyclic amines) is 1. The summed E-state index contributed by atoms with van der Waals surface area (Å²) in [7, 11) is 0. The second-order valence-corrected chi connectivity index (χ2v) is 11.4. The monoisotopic (exact) mass is 580 g/mol. The van der Waals surface area contributed by atoms with Crippen LogP contribution in [0.15, 0.2) is 47.5 Å². The summed E-state index contributed by atoms with van der Waals surface area (Å²) in [4.78, 5) is 29.0. The van der Waals surface area contributed by atoms with E-state index in [1.54, 1.807) is 24.3 Å². The van der Waals surface area contributed by atoms with Crippen LogP contribution < -0.4 is 0 Å². The molecule has 3 aromatic rings. The van der Waals surface area contributed by atoms with Crippen LogP contribution in [-0.4, -0.2) is 62.1 Å². The molecule has 0 N–H and O–H groups in total. The number of fused-ring (bicyclic) bond motifs is 1. The molecule has 0 saturated carbocycles. The zero-order valence-electron chi connectivity index (χ0n) is 21.1. The Morgan fingerprint density at radius 1 is 1.18 bits per heavy atom. The summed E-state index contributed by atoms with van der Waals surface area (Å²) in [5, 5.41) is 4.40. The summed E-state index contributed by atoms with van der Waals surface area (Å²) in [6.45, 7) is 4.62. The molecule has 0 aliphatic carbocycles. The number of thioether (sulfide) groups is 1. The Morgan fingerprint density at radius 2 is 1.95 bits per heavy atom. The zero-order chi connectivity index (χ0) is 28.1. The number of carbonyl (C=O) groups is 2. The van der Waals surface area contributed by atoms with Gasteiger partial charge < -0.3 is 0 Å². The molecule has 2 aromatic carbocycles. The van der Waals surface area contributed by atoms with E-state index in [2.05, 4.69) is 5.10 Å². The standard InChI is InChI=1S/C27H25ClF4N4O2S/c1-15(2)34-8-7-23(21(29)14-34)36-25(37)24(39-26(36)38)10-16-3-6-22-18(9-16)12-33-35(22)13-17-4-5-19(28)11-20(17)27(30,31)32/h3-6,9-12,15,21,23H,7-8,13-14H2,1-2H3/t21-,23+/m0/s1. The highest BCUT2D eigenvalue weighted by Gasteiger charge is 2.45. The number of hydrogen-bond acceptors (Lipinski definition) is 5. The fraction of sp³-hybridized carbons (Fsp3) is 0.370. The van der Waals surface area contributed by atoms with Crippen molar-refractivity contribution in [2.75, 3.05) is 13.1 Å². The van der Waals surface area contributed by atoms with Crippen LogP contribution in [0.1, 0.15) is 37.0 Å². The first-order valence-electron chi connectivity index (χ1n) is 12.4. The average Bonchev–Trinajstić information content (AvgIpc) is 3.38. The Balaban J connectivity index is 1.36. The van der Waals surface area contributed by atoms with Crippen molar-refractivity contribution >= 4 is 51.5 Å². The van der Waals surface area contributed by atoms with E-state index in [4.69, 9.17) is 11.6 Å². The van der Waals surface area contributed by atoms with Crippen molar-refractivity contribution in [3.05, 3.63) is 69.2 Å². The van der Waals surface area contributed by atoms with E-state index in [9.17, 15) is 27.2 Å². The third-order valence-electron chi connectivity index (χ3n) is 7.09. The third kappa shape index (κ3) is 5.57. The number of alkyl halides is 4. The first kappa shape index (κ1) is 27.7. The maximum absolute atomic E-state index is 15.0. The Bertz CT molecular complexity index is 1470. The Labute approximate surface area is 231 Å². The number of aromatic nitrogens is 2. The molecule has 0 bridgehead atoms. The Hall–Kier alpha value is -2.89. The van der Waals surface area contributed by atoms with Crippen molar-refractivity contribution in [3.63, 3.8) is 0 Å². The molecule has 3 heterocycles. The predicted octanol–water partition coefficient (Wildman–Crippen LogP) is 6.61. The molecule has 2 aliphatic rings. The summed E-state index contributed by atoms with van der Waals surface area (Å²) in [5.41, 5.74) is 0.415. The molecule has 2 amide bonds.